The van der Waals surface area contributed by atoms with E-state index < -0.39 is 15.5 Å². The average Bonchev–Trinajstić information content (AvgIpc) is 2.57. The number of hydroxylamine groups is 1. The first-order valence-corrected chi connectivity index (χ1v) is 7.47. The lowest BCUT2D eigenvalue weighted by Gasteiger charge is -2.09. The molecule has 0 saturated carbocycles. The smallest absolute Gasteiger partial charge is 0.215 e. The van der Waals surface area contributed by atoms with Gasteiger partial charge in [0.2, 0.25) is 5.90 Å². The minimum Gasteiger partial charge on any atom is -0.391 e. The molecule has 98 valence electrons. The number of benzene rings is 1. The van der Waals surface area contributed by atoms with Crippen molar-refractivity contribution in [2.45, 2.75) is 30.8 Å². The van der Waals surface area contributed by atoms with Gasteiger partial charge in [-0.2, -0.15) is 0 Å². The van der Waals surface area contributed by atoms with Gasteiger partial charge in [0.15, 0.2) is 9.84 Å². The van der Waals surface area contributed by atoms with Crippen molar-refractivity contribution >= 4 is 15.7 Å². The van der Waals surface area contributed by atoms with Gasteiger partial charge in [-0.3, -0.25) is 0 Å². The van der Waals surface area contributed by atoms with Crippen LogP contribution in [0.15, 0.2) is 34.2 Å². The standard InChI is InChI=1S/C12H16N2O3S/c1-12(2)13-11(17-14-12)8-9-4-6-10(7-5-9)18(3,15)16/h4-7,14H,8H2,1-3H3. The molecule has 0 radical (unpaired) electrons. The van der Waals surface area contributed by atoms with Crippen LogP contribution in [0.25, 0.3) is 0 Å². The van der Waals surface area contributed by atoms with E-state index in [1.807, 2.05) is 13.8 Å². The average molecular weight is 268 g/mol. The van der Waals surface area contributed by atoms with Crippen LogP contribution in [0.3, 0.4) is 0 Å². The van der Waals surface area contributed by atoms with E-state index in [0.717, 1.165) is 5.56 Å². The molecular weight excluding hydrogens is 252 g/mol. The molecular formula is C12H16N2O3S. The molecule has 5 nitrogen and oxygen atoms in total. The first kappa shape index (κ1) is 13.0. The maximum Gasteiger partial charge on any atom is 0.215 e. The first-order chi connectivity index (χ1) is 8.26. The first-order valence-electron chi connectivity index (χ1n) is 5.58. The van der Waals surface area contributed by atoms with Gasteiger partial charge in [-0.25, -0.2) is 13.4 Å². The summed E-state index contributed by atoms with van der Waals surface area (Å²) >= 11 is 0. The molecule has 2 rings (SSSR count). The molecule has 1 N–H and O–H groups in total. The topological polar surface area (TPSA) is 67.8 Å². The van der Waals surface area contributed by atoms with Gasteiger partial charge >= 0.3 is 0 Å². The summed E-state index contributed by atoms with van der Waals surface area (Å²) in [6.45, 7) is 3.82. The number of nitrogens with zero attached hydrogens (tertiary/aromatic N) is 1. The fraction of sp³-hybridized carbons (Fsp3) is 0.417. The molecule has 0 atom stereocenters. The lowest BCUT2D eigenvalue weighted by Crippen LogP contribution is -2.31. The quantitative estimate of drug-likeness (QED) is 0.897. The van der Waals surface area contributed by atoms with E-state index in [4.69, 9.17) is 4.84 Å². The summed E-state index contributed by atoms with van der Waals surface area (Å²) in [6, 6.07) is 6.73. The molecule has 0 spiro atoms. The Morgan fingerprint density at radius 3 is 2.33 bits per heavy atom. The van der Waals surface area contributed by atoms with Crippen LogP contribution in [0.2, 0.25) is 0 Å². The van der Waals surface area contributed by atoms with E-state index in [1.165, 1.54) is 6.26 Å². The minimum atomic E-state index is -3.14. The Morgan fingerprint density at radius 2 is 1.89 bits per heavy atom. The summed E-state index contributed by atoms with van der Waals surface area (Å²) in [5, 5.41) is 0. The Kier molecular flexibility index (Phi) is 3.16. The second-order valence-electron chi connectivity index (χ2n) is 4.86. The highest BCUT2D eigenvalue weighted by Crippen LogP contribution is 2.16. The highest BCUT2D eigenvalue weighted by Gasteiger charge is 2.25. The molecule has 1 heterocycles. The lowest BCUT2D eigenvalue weighted by atomic mass is 10.1. The molecule has 1 aliphatic heterocycles. The Hall–Kier alpha value is -1.40. The Balaban J connectivity index is 2.13. The maximum absolute atomic E-state index is 11.3. The highest BCUT2D eigenvalue weighted by atomic mass is 32.2. The number of aliphatic imine (C=N–C) groups is 1. The molecule has 1 aliphatic rings. The predicted molar refractivity (Wildman–Crippen MR) is 69.0 cm³/mol. The molecule has 6 heteroatoms. The van der Waals surface area contributed by atoms with Crippen LogP contribution in [0.1, 0.15) is 19.4 Å². The number of hydrogen-bond donors (Lipinski definition) is 1. The summed E-state index contributed by atoms with van der Waals surface area (Å²) in [5.74, 6) is 0.604. The van der Waals surface area contributed by atoms with Crippen molar-refractivity contribution in [3.63, 3.8) is 0 Å². The van der Waals surface area contributed by atoms with E-state index in [9.17, 15) is 8.42 Å². The van der Waals surface area contributed by atoms with Crippen molar-refractivity contribution in [2.24, 2.45) is 4.99 Å². The number of rotatable bonds is 3. The van der Waals surface area contributed by atoms with Crippen molar-refractivity contribution in [2.75, 3.05) is 6.26 Å². The number of sulfone groups is 1. The van der Waals surface area contributed by atoms with Gasteiger partial charge in [-0.1, -0.05) is 12.1 Å². The zero-order valence-electron chi connectivity index (χ0n) is 10.6. The van der Waals surface area contributed by atoms with Crippen LogP contribution in [-0.2, 0) is 21.1 Å². The second-order valence-corrected chi connectivity index (χ2v) is 6.88. The second kappa shape index (κ2) is 4.37. The molecule has 0 fully saturated rings. The van der Waals surface area contributed by atoms with E-state index >= 15 is 0 Å². The van der Waals surface area contributed by atoms with Gasteiger partial charge in [-0.05, 0) is 31.5 Å². The number of nitrogens with one attached hydrogen (secondary N) is 1. The molecule has 0 aliphatic carbocycles. The van der Waals surface area contributed by atoms with Crippen molar-refractivity contribution in [1.82, 2.24) is 5.48 Å². The van der Waals surface area contributed by atoms with Crippen LogP contribution >= 0.6 is 0 Å². The van der Waals surface area contributed by atoms with Crippen molar-refractivity contribution in [3.8, 4) is 0 Å². The van der Waals surface area contributed by atoms with Gasteiger partial charge in [0.25, 0.3) is 0 Å². The van der Waals surface area contributed by atoms with E-state index in [1.54, 1.807) is 24.3 Å². The maximum atomic E-state index is 11.3. The monoisotopic (exact) mass is 268 g/mol. The fourth-order valence-electron chi connectivity index (χ4n) is 1.65. The predicted octanol–water partition coefficient (Wildman–Crippen LogP) is 1.30. The van der Waals surface area contributed by atoms with Crippen LogP contribution < -0.4 is 5.48 Å². The van der Waals surface area contributed by atoms with Gasteiger partial charge in [0.05, 0.1) is 11.3 Å². The molecule has 0 unspecified atom stereocenters. The van der Waals surface area contributed by atoms with E-state index in [0.29, 0.717) is 17.2 Å². The molecule has 0 saturated heterocycles. The largest absolute Gasteiger partial charge is 0.391 e. The Morgan fingerprint density at radius 1 is 1.28 bits per heavy atom. The molecule has 1 aromatic rings. The molecule has 1 aromatic carbocycles. The fourth-order valence-corrected chi connectivity index (χ4v) is 2.28. The highest BCUT2D eigenvalue weighted by molar-refractivity contribution is 7.90. The van der Waals surface area contributed by atoms with Crippen molar-refractivity contribution in [3.05, 3.63) is 29.8 Å². The van der Waals surface area contributed by atoms with Gasteiger partial charge < -0.3 is 4.84 Å². The zero-order chi connectivity index (χ0) is 13.4. The summed E-state index contributed by atoms with van der Waals surface area (Å²) in [4.78, 5) is 9.92. The SMILES string of the molecule is CC1(C)N=C(Cc2ccc(S(C)(=O)=O)cc2)ON1. The third-order valence-electron chi connectivity index (χ3n) is 2.53. The van der Waals surface area contributed by atoms with Crippen molar-refractivity contribution < 1.29 is 13.3 Å². The zero-order valence-corrected chi connectivity index (χ0v) is 11.4. The molecule has 0 bridgehead atoms. The van der Waals surface area contributed by atoms with Crippen LogP contribution in [-0.4, -0.2) is 26.2 Å². The molecule has 0 aromatic heterocycles. The van der Waals surface area contributed by atoms with Crippen LogP contribution in [0, 0.1) is 0 Å². The Bertz CT molecular complexity index is 574. The summed E-state index contributed by atoms with van der Waals surface area (Å²) < 4.78 is 22.6. The summed E-state index contributed by atoms with van der Waals surface area (Å²) in [6.07, 6.45) is 1.74. The Labute approximate surface area is 107 Å². The van der Waals surface area contributed by atoms with Gasteiger partial charge in [-0.15, -0.1) is 5.48 Å². The molecule has 18 heavy (non-hydrogen) atoms. The minimum absolute atomic E-state index is 0.319. The van der Waals surface area contributed by atoms with E-state index in [-0.39, 0.29) is 0 Å². The van der Waals surface area contributed by atoms with Gasteiger partial charge in [0.1, 0.15) is 5.66 Å². The lowest BCUT2D eigenvalue weighted by molar-refractivity contribution is 0.137. The van der Waals surface area contributed by atoms with Gasteiger partial charge in [0, 0.05) is 6.26 Å². The third-order valence-corrected chi connectivity index (χ3v) is 3.66. The third kappa shape index (κ3) is 3.08. The summed E-state index contributed by atoms with van der Waals surface area (Å²) in [5.41, 5.74) is 3.36. The van der Waals surface area contributed by atoms with E-state index in [2.05, 4.69) is 10.5 Å². The summed E-state index contributed by atoms with van der Waals surface area (Å²) in [7, 11) is -3.14. The van der Waals surface area contributed by atoms with Crippen molar-refractivity contribution in [1.29, 1.82) is 0 Å². The van der Waals surface area contributed by atoms with Crippen LogP contribution in [0.4, 0.5) is 0 Å². The normalized spacial score (nSPS) is 18.3. The van der Waals surface area contributed by atoms with Crippen LogP contribution in [0.5, 0.6) is 0 Å². The number of hydrogen-bond acceptors (Lipinski definition) is 5. The molecule has 0 amide bonds.